The van der Waals surface area contributed by atoms with Gasteiger partial charge in [-0.1, -0.05) is 48.5 Å². The first-order valence-corrected chi connectivity index (χ1v) is 15.5. The maximum absolute atomic E-state index is 13.5. The van der Waals surface area contributed by atoms with Gasteiger partial charge in [-0.2, -0.15) is 11.8 Å². The van der Waals surface area contributed by atoms with Gasteiger partial charge in [-0.25, -0.2) is 13.2 Å². The molecule has 1 unspecified atom stereocenters. The number of carbonyl (C=O) groups excluding carboxylic acids is 3. The van der Waals surface area contributed by atoms with Crippen LogP contribution in [0.3, 0.4) is 0 Å². The Morgan fingerprint density at radius 1 is 1.03 bits per heavy atom. The van der Waals surface area contributed by atoms with Crippen LogP contribution in [-0.4, -0.2) is 74.7 Å². The van der Waals surface area contributed by atoms with Crippen molar-refractivity contribution < 1.29 is 27.5 Å². The Balaban J connectivity index is 1.61. The molecule has 206 valence electrons. The first-order chi connectivity index (χ1) is 18.3. The van der Waals surface area contributed by atoms with Gasteiger partial charge in [0, 0.05) is 12.2 Å². The van der Waals surface area contributed by atoms with E-state index in [1.807, 2.05) is 30.3 Å². The van der Waals surface area contributed by atoms with Crippen molar-refractivity contribution in [3.8, 4) is 0 Å². The third kappa shape index (κ3) is 8.57. The fraction of sp³-hybridized carbons (Fsp3) is 0.444. The number of amides is 2. The lowest BCUT2D eigenvalue weighted by molar-refractivity contribution is -0.148. The Morgan fingerprint density at radius 3 is 2.29 bits per heavy atom. The summed E-state index contributed by atoms with van der Waals surface area (Å²) >= 11 is 1.20. The molecule has 11 heteroatoms. The number of carbonyl (C=O) groups is 3. The van der Waals surface area contributed by atoms with Crippen LogP contribution in [0.1, 0.15) is 25.3 Å². The minimum atomic E-state index is -3.43. The molecule has 1 aliphatic heterocycles. The average Bonchev–Trinajstić information content (AvgIpc) is 2.92. The van der Waals surface area contributed by atoms with Crippen molar-refractivity contribution in [3.05, 3.63) is 66.2 Å². The predicted octanol–water partition coefficient (Wildman–Crippen LogP) is 1.72. The number of hydrogen-bond acceptors (Lipinski definition) is 8. The van der Waals surface area contributed by atoms with Gasteiger partial charge in [0.25, 0.3) is 0 Å². The van der Waals surface area contributed by atoms with Crippen molar-refractivity contribution in [1.29, 1.82) is 0 Å². The number of benzene rings is 2. The Labute approximate surface area is 228 Å². The summed E-state index contributed by atoms with van der Waals surface area (Å²) in [6.45, 7) is 2.94. The quantitative estimate of drug-likeness (QED) is 0.249. The first kappa shape index (κ1) is 29.7. The lowest BCUT2D eigenvalue weighted by Crippen LogP contribution is -2.65. The number of nitrogens with one attached hydrogen (secondary N) is 3. The van der Waals surface area contributed by atoms with Crippen LogP contribution in [0, 0.1) is 0 Å². The SMILES string of the molecule is CCOC(=O)C(Cc1ccccc1)NC(=O)C1(NC(=O)CSCCS(=O)(=O)c2ccccc2)CCNCC1. The molecule has 0 spiro atoms. The minimum Gasteiger partial charge on any atom is -0.464 e. The van der Waals surface area contributed by atoms with Crippen molar-refractivity contribution in [2.24, 2.45) is 0 Å². The normalized spacial score (nSPS) is 15.7. The number of rotatable bonds is 13. The molecule has 1 fully saturated rings. The van der Waals surface area contributed by atoms with Gasteiger partial charge in [0.1, 0.15) is 11.6 Å². The van der Waals surface area contributed by atoms with Gasteiger partial charge in [0.2, 0.25) is 11.8 Å². The van der Waals surface area contributed by atoms with Crippen LogP contribution in [0.2, 0.25) is 0 Å². The van der Waals surface area contributed by atoms with Gasteiger partial charge >= 0.3 is 5.97 Å². The first-order valence-electron chi connectivity index (χ1n) is 12.6. The van der Waals surface area contributed by atoms with Gasteiger partial charge in [-0.15, -0.1) is 0 Å². The second kappa shape index (κ2) is 14.3. The lowest BCUT2D eigenvalue weighted by atomic mass is 9.86. The van der Waals surface area contributed by atoms with Gasteiger partial charge in [0.05, 0.1) is 23.0 Å². The number of ether oxygens (including phenoxy) is 1. The Hall–Kier alpha value is -2.89. The van der Waals surface area contributed by atoms with E-state index in [4.69, 9.17) is 4.74 Å². The van der Waals surface area contributed by atoms with Crippen LogP contribution < -0.4 is 16.0 Å². The van der Waals surface area contributed by atoms with Crippen molar-refractivity contribution >= 4 is 39.4 Å². The maximum Gasteiger partial charge on any atom is 0.328 e. The third-order valence-electron chi connectivity index (χ3n) is 6.26. The van der Waals surface area contributed by atoms with E-state index in [1.165, 1.54) is 11.8 Å². The summed E-state index contributed by atoms with van der Waals surface area (Å²) < 4.78 is 30.1. The topological polar surface area (TPSA) is 131 Å². The zero-order valence-electron chi connectivity index (χ0n) is 21.5. The zero-order chi connectivity index (χ0) is 27.4. The van der Waals surface area contributed by atoms with Crippen molar-refractivity contribution in [2.75, 3.05) is 37.0 Å². The fourth-order valence-corrected chi connectivity index (χ4v) is 6.79. The van der Waals surface area contributed by atoms with Crippen LogP contribution in [-0.2, 0) is 35.4 Å². The van der Waals surface area contributed by atoms with E-state index in [9.17, 15) is 22.8 Å². The molecule has 0 aliphatic carbocycles. The van der Waals surface area contributed by atoms with Gasteiger partial charge in [0.15, 0.2) is 9.84 Å². The van der Waals surface area contributed by atoms with E-state index in [-0.39, 0.29) is 41.1 Å². The van der Waals surface area contributed by atoms with Gasteiger partial charge < -0.3 is 20.7 Å². The van der Waals surface area contributed by atoms with Crippen molar-refractivity contribution in [3.63, 3.8) is 0 Å². The highest BCUT2D eigenvalue weighted by Crippen LogP contribution is 2.21. The standard InChI is InChI=1S/C27H35N3O6S2/c1-2-36-25(32)23(19-21-9-5-3-6-10-21)29-26(33)27(13-15-28-16-14-27)30-24(31)20-37-17-18-38(34,35)22-11-7-4-8-12-22/h3-12,23,28H,2,13-20H2,1H3,(H,29,33)(H,30,31). The van der Waals surface area contributed by atoms with Crippen molar-refractivity contribution in [1.82, 2.24) is 16.0 Å². The molecular formula is C27H35N3O6S2. The Kier molecular flexibility index (Phi) is 11.2. The van der Waals surface area contributed by atoms with E-state index in [0.717, 1.165) is 5.56 Å². The molecule has 2 aromatic carbocycles. The van der Waals surface area contributed by atoms with E-state index in [2.05, 4.69) is 16.0 Å². The van der Waals surface area contributed by atoms with E-state index < -0.39 is 33.3 Å². The van der Waals surface area contributed by atoms with Crippen molar-refractivity contribution in [2.45, 2.75) is 42.7 Å². The summed E-state index contributed by atoms with van der Waals surface area (Å²) in [5.74, 6) is -1.16. The minimum absolute atomic E-state index is 0.0120. The molecule has 3 N–H and O–H groups in total. The van der Waals surface area contributed by atoms with E-state index in [0.29, 0.717) is 25.9 Å². The van der Waals surface area contributed by atoms with E-state index >= 15 is 0 Å². The molecule has 0 aromatic heterocycles. The highest BCUT2D eigenvalue weighted by atomic mass is 32.2. The molecule has 1 atom stereocenters. The summed E-state index contributed by atoms with van der Waals surface area (Å²) in [6, 6.07) is 16.6. The average molecular weight is 562 g/mol. The second-order valence-corrected chi connectivity index (χ2v) is 12.2. The molecule has 2 aromatic rings. The molecule has 2 amide bonds. The highest BCUT2D eigenvalue weighted by Gasteiger charge is 2.42. The molecule has 1 heterocycles. The molecule has 0 saturated carbocycles. The number of sulfone groups is 1. The number of thioether (sulfide) groups is 1. The summed E-state index contributed by atoms with van der Waals surface area (Å²) in [7, 11) is -3.43. The van der Waals surface area contributed by atoms with Crippen LogP contribution >= 0.6 is 11.8 Å². The molecule has 3 rings (SSSR count). The fourth-order valence-electron chi connectivity index (χ4n) is 4.23. The Morgan fingerprint density at radius 2 is 1.66 bits per heavy atom. The van der Waals surface area contributed by atoms with Crippen LogP contribution in [0.4, 0.5) is 0 Å². The second-order valence-electron chi connectivity index (χ2n) is 9.03. The smallest absolute Gasteiger partial charge is 0.328 e. The molecule has 0 radical (unpaired) electrons. The lowest BCUT2D eigenvalue weighted by Gasteiger charge is -2.37. The number of esters is 1. The Bertz CT molecular complexity index is 1170. The molecule has 38 heavy (non-hydrogen) atoms. The van der Waals surface area contributed by atoms with Gasteiger partial charge in [-0.3, -0.25) is 9.59 Å². The highest BCUT2D eigenvalue weighted by molar-refractivity contribution is 8.01. The summed E-state index contributed by atoms with van der Waals surface area (Å²) in [5, 5.41) is 8.91. The molecule has 1 aliphatic rings. The predicted molar refractivity (Wildman–Crippen MR) is 148 cm³/mol. The summed E-state index contributed by atoms with van der Waals surface area (Å²) in [6.07, 6.45) is 0.983. The number of piperidine rings is 1. The molecule has 0 bridgehead atoms. The monoisotopic (exact) mass is 561 g/mol. The van der Waals surface area contributed by atoms with Crippen LogP contribution in [0.5, 0.6) is 0 Å². The largest absolute Gasteiger partial charge is 0.464 e. The van der Waals surface area contributed by atoms with Crippen LogP contribution in [0.15, 0.2) is 65.6 Å². The van der Waals surface area contributed by atoms with Gasteiger partial charge in [-0.05, 0) is 50.6 Å². The summed E-state index contributed by atoms with van der Waals surface area (Å²) in [5.41, 5.74) is -0.309. The van der Waals surface area contributed by atoms with E-state index in [1.54, 1.807) is 37.3 Å². The van der Waals surface area contributed by atoms with Crippen LogP contribution in [0.25, 0.3) is 0 Å². The summed E-state index contributed by atoms with van der Waals surface area (Å²) in [4.78, 5) is 39.3. The maximum atomic E-state index is 13.5. The zero-order valence-corrected chi connectivity index (χ0v) is 23.1. The molecular weight excluding hydrogens is 526 g/mol. The number of hydrogen-bond donors (Lipinski definition) is 3. The molecule has 1 saturated heterocycles. The molecule has 9 nitrogen and oxygen atoms in total. The third-order valence-corrected chi connectivity index (χ3v) is 9.21.